The van der Waals surface area contributed by atoms with Gasteiger partial charge < -0.3 is 15.4 Å². The topological polar surface area (TPSA) is 50.4 Å². The molecule has 2 aromatic carbocycles. The number of hydrogen-bond acceptors (Lipinski definition) is 2. The highest BCUT2D eigenvalue weighted by atomic mass is 19.1. The van der Waals surface area contributed by atoms with Gasteiger partial charge in [0.25, 0.3) is 0 Å². The molecule has 0 atom stereocenters. The summed E-state index contributed by atoms with van der Waals surface area (Å²) in [6.45, 7) is 0.791. The molecule has 0 saturated heterocycles. The van der Waals surface area contributed by atoms with Gasteiger partial charge in [0.15, 0.2) is 11.6 Å². The average molecular weight is 288 g/mol. The molecule has 0 bridgehead atoms. The first-order valence-corrected chi connectivity index (χ1v) is 6.73. The highest BCUT2D eigenvalue weighted by Gasteiger charge is 2.02. The zero-order valence-corrected chi connectivity index (χ0v) is 11.5. The first kappa shape index (κ1) is 14.8. The molecule has 0 spiro atoms. The molecule has 0 unspecified atom stereocenters. The highest BCUT2D eigenvalue weighted by Crippen LogP contribution is 2.15. The normalized spacial score (nSPS) is 9.95. The molecular formula is C16H17FN2O2. The Balaban J connectivity index is 1.62. The number of carbonyl (C=O) groups is 1. The van der Waals surface area contributed by atoms with Crippen LogP contribution >= 0.6 is 0 Å². The number of amides is 2. The molecule has 5 heteroatoms. The van der Waals surface area contributed by atoms with Crippen LogP contribution in [0.1, 0.15) is 6.42 Å². The molecule has 2 aromatic rings. The molecule has 0 aromatic heterocycles. The van der Waals surface area contributed by atoms with Crippen LogP contribution in [0.5, 0.6) is 5.75 Å². The van der Waals surface area contributed by atoms with Gasteiger partial charge in [0.05, 0.1) is 6.61 Å². The molecule has 0 aliphatic rings. The number of hydrogen-bond donors (Lipinski definition) is 2. The summed E-state index contributed by atoms with van der Waals surface area (Å²) in [5.74, 6) is -0.154. The lowest BCUT2D eigenvalue weighted by Crippen LogP contribution is -2.30. The first-order chi connectivity index (χ1) is 10.3. The number of ether oxygens (including phenoxy) is 1. The number of para-hydroxylation sites is 2. The Labute approximate surface area is 122 Å². The van der Waals surface area contributed by atoms with Crippen LogP contribution in [0.3, 0.4) is 0 Å². The van der Waals surface area contributed by atoms with Gasteiger partial charge in [0.1, 0.15) is 0 Å². The van der Waals surface area contributed by atoms with Gasteiger partial charge in [-0.2, -0.15) is 0 Å². The van der Waals surface area contributed by atoms with Gasteiger partial charge in [0.2, 0.25) is 0 Å². The van der Waals surface area contributed by atoms with Crippen molar-refractivity contribution in [3.63, 3.8) is 0 Å². The van der Waals surface area contributed by atoms with E-state index in [1.54, 1.807) is 30.3 Å². The largest absolute Gasteiger partial charge is 0.490 e. The van der Waals surface area contributed by atoms with Crippen molar-refractivity contribution in [2.45, 2.75) is 6.42 Å². The Morgan fingerprint density at radius 2 is 1.76 bits per heavy atom. The molecule has 21 heavy (non-hydrogen) atoms. The zero-order valence-electron chi connectivity index (χ0n) is 11.5. The van der Waals surface area contributed by atoms with Crippen molar-refractivity contribution in [3.05, 3.63) is 60.4 Å². The van der Waals surface area contributed by atoms with E-state index in [0.29, 0.717) is 19.6 Å². The third kappa shape index (κ3) is 5.14. The van der Waals surface area contributed by atoms with Crippen LogP contribution in [0, 0.1) is 5.82 Å². The van der Waals surface area contributed by atoms with Gasteiger partial charge in [-0.1, -0.05) is 30.3 Å². The molecule has 0 radical (unpaired) electrons. The Hall–Kier alpha value is -2.56. The minimum absolute atomic E-state index is 0.228. The fourth-order valence-electron chi connectivity index (χ4n) is 1.71. The molecule has 0 heterocycles. The molecule has 4 nitrogen and oxygen atoms in total. The van der Waals surface area contributed by atoms with E-state index in [-0.39, 0.29) is 17.6 Å². The molecule has 0 fully saturated rings. The Kier molecular flexibility index (Phi) is 5.58. The van der Waals surface area contributed by atoms with E-state index in [0.717, 1.165) is 5.69 Å². The number of urea groups is 1. The average Bonchev–Trinajstić information content (AvgIpc) is 2.50. The van der Waals surface area contributed by atoms with Gasteiger partial charge in [0, 0.05) is 12.2 Å². The number of carbonyl (C=O) groups excluding carboxylic acids is 1. The number of halogens is 1. The standard InChI is InChI=1S/C16H17FN2O2/c17-14-9-4-5-10-15(14)21-12-6-11-18-16(20)19-13-7-2-1-3-8-13/h1-5,7-10H,6,11-12H2,(H2,18,19,20). The lowest BCUT2D eigenvalue weighted by Gasteiger charge is -2.09. The Morgan fingerprint density at radius 3 is 2.52 bits per heavy atom. The minimum atomic E-state index is -0.382. The molecular weight excluding hydrogens is 271 g/mol. The number of benzene rings is 2. The van der Waals surface area contributed by atoms with Crippen LogP contribution in [0.4, 0.5) is 14.9 Å². The highest BCUT2D eigenvalue weighted by molar-refractivity contribution is 5.89. The van der Waals surface area contributed by atoms with Crippen LogP contribution in [-0.4, -0.2) is 19.2 Å². The molecule has 0 saturated carbocycles. The van der Waals surface area contributed by atoms with Crippen molar-refractivity contribution in [2.75, 3.05) is 18.5 Å². The van der Waals surface area contributed by atoms with E-state index in [4.69, 9.17) is 4.74 Å². The zero-order chi connectivity index (χ0) is 14.9. The van der Waals surface area contributed by atoms with E-state index >= 15 is 0 Å². The van der Waals surface area contributed by atoms with E-state index in [9.17, 15) is 9.18 Å². The molecule has 0 aliphatic carbocycles. The fraction of sp³-hybridized carbons (Fsp3) is 0.188. The van der Waals surface area contributed by atoms with Gasteiger partial charge in [-0.15, -0.1) is 0 Å². The van der Waals surface area contributed by atoms with Gasteiger partial charge >= 0.3 is 6.03 Å². The van der Waals surface area contributed by atoms with Crippen LogP contribution in [0.2, 0.25) is 0 Å². The second-order valence-corrected chi connectivity index (χ2v) is 4.38. The summed E-state index contributed by atoms with van der Waals surface area (Å²) < 4.78 is 18.6. The van der Waals surface area contributed by atoms with Crippen molar-refractivity contribution in [3.8, 4) is 5.75 Å². The maximum Gasteiger partial charge on any atom is 0.319 e. The van der Waals surface area contributed by atoms with Gasteiger partial charge in [-0.05, 0) is 30.7 Å². The van der Waals surface area contributed by atoms with Crippen molar-refractivity contribution in [2.24, 2.45) is 0 Å². The summed E-state index contributed by atoms with van der Waals surface area (Å²) in [4.78, 5) is 11.6. The second-order valence-electron chi connectivity index (χ2n) is 4.38. The van der Waals surface area contributed by atoms with Crippen molar-refractivity contribution in [1.29, 1.82) is 0 Å². The molecule has 2 amide bonds. The Bertz CT molecular complexity index is 575. The second kappa shape index (κ2) is 7.89. The summed E-state index contributed by atoms with van der Waals surface area (Å²) in [5.41, 5.74) is 0.734. The van der Waals surface area contributed by atoms with Crippen LogP contribution < -0.4 is 15.4 Å². The number of anilines is 1. The first-order valence-electron chi connectivity index (χ1n) is 6.73. The van der Waals surface area contributed by atoms with E-state index < -0.39 is 0 Å². The van der Waals surface area contributed by atoms with Crippen molar-refractivity contribution < 1.29 is 13.9 Å². The van der Waals surface area contributed by atoms with E-state index in [1.807, 2.05) is 18.2 Å². The van der Waals surface area contributed by atoms with Crippen LogP contribution in [-0.2, 0) is 0 Å². The molecule has 0 aliphatic heterocycles. The summed E-state index contributed by atoms with van der Waals surface area (Å²) in [6, 6.07) is 15.2. The summed E-state index contributed by atoms with van der Waals surface area (Å²) in [6.07, 6.45) is 0.594. The summed E-state index contributed by atoms with van der Waals surface area (Å²) in [5, 5.41) is 5.42. The quantitative estimate of drug-likeness (QED) is 0.800. The predicted octanol–water partition coefficient (Wildman–Crippen LogP) is 3.42. The van der Waals surface area contributed by atoms with Crippen LogP contribution in [0.25, 0.3) is 0 Å². The molecule has 2 N–H and O–H groups in total. The Morgan fingerprint density at radius 1 is 1.05 bits per heavy atom. The van der Waals surface area contributed by atoms with Crippen molar-refractivity contribution in [1.82, 2.24) is 5.32 Å². The lowest BCUT2D eigenvalue weighted by molar-refractivity contribution is 0.249. The fourth-order valence-corrected chi connectivity index (χ4v) is 1.71. The van der Waals surface area contributed by atoms with E-state index in [1.165, 1.54) is 6.07 Å². The monoisotopic (exact) mass is 288 g/mol. The smallest absolute Gasteiger partial charge is 0.319 e. The third-order valence-corrected chi connectivity index (χ3v) is 2.73. The predicted molar refractivity (Wildman–Crippen MR) is 80.0 cm³/mol. The molecule has 110 valence electrons. The van der Waals surface area contributed by atoms with E-state index in [2.05, 4.69) is 10.6 Å². The van der Waals surface area contributed by atoms with Gasteiger partial charge in [-0.3, -0.25) is 0 Å². The minimum Gasteiger partial charge on any atom is -0.490 e. The molecule has 2 rings (SSSR count). The number of rotatable bonds is 6. The van der Waals surface area contributed by atoms with Crippen molar-refractivity contribution >= 4 is 11.7 Å². The number of nitrogens with one attached hydrogen (secondary N) is 2. The summed E-state index contributed by atoms with van der Waals surface area (Å²) >= 11 is 0. The van der Waals surface area contributed by atoms with Gasteiger partial charge in [-0.25, -0.2) is 9.18 Å². The SMILES string of the molecule is O=C(NCCCOc1ccccc1F)Nc1ccccc1. The third-order valence-electron chi connectivity index (χ3n) is 2.73. The lowest BCUT2D eigenvalue weighted by atomic mass is 10.3. The maximum atomic E-state index is 13.3. The maximum absolute atomic E-state index is 13.3. The summed E-state index contributed by atoms with van der Waals surface area (Å²) in [7, 11) is 0. The van der Waals surface area contributed by atoms with Crippen LogP contribution in [0.15, 0.2) is 54.6 Å².